The minimum atomic E-state index is -0.666. The summed E-state index contributed by atoms with van der Waals surface area (Å²) < 4.78 is 23.3. The Morgan fingerprint density at radius 2 is 1.85 bits per heavy atom. The molecule has 0 saturated carbocycles. The van der Waals surface area contributed by atoms with Crippen LogP contribution in [0.25, 0.3) is 11.1 Å². The van der Waals surface area contributed by atoms with Crippen LogP contribution < -0.4 is 11.2 Å². The highest BCUT2D eigenvalue weighted by molar-refractivity contribution is 6.66. The quantitative estimate of drug-likeness (QED) is 0.596. The number of halogens is 1. The number of benzene rings is 1. The van der Waals surface area contributed by atoms with Crippen LogP contribution in [0.15, 0.2) is 21.3 Å². The van der Waals surface area contributed by atoms with Crippen LogP contribution in [0.2, 0.25) is 5.02 Å². The molecule has 140 valence electrons. The third-order valence-electron chi connectivity index (χ3n) is 5.06. The van der Waals surface area contributed by atoms with Crippen molar-refractivity contribution in [1.82, 2.24) is 4.57 Å². The Bertz CT molecular complexity index is 900. The molecule has 1 saturated heterocycles. The zero-order valence-electron chi connectivity index (χ0n) is 15.4. The maximum absolute atomic E-state index is 12.1. The molecule has 7 nitrogen and oxygen atoms in total. The van der Waals surface area contributed by atoms with Gasteiger partial charge in [0.05, 0.1) is 30.2 Å². The normalized spacial score (nSPS) is 18.5. The lowest BCUT2D eigenvalue weighted by atomic mass is 9.79. The Hall–Kier alpha value is -1.77. The number of fused-ring (bicyclic) bond motifs is 1. The van der Waals surface area contributed by atoms with Gasteiger partial charge in [-0.1, -0.05) is 11.6 Å². The van der Waals surface area contributed by atoms with Gasteiger partial charge >= 0.3 is 18.8 Å². The monoisotopic (exact) mass is 381 g/mol. The standard InChI is InChI=1S/C17H21BClNO6/c1-16(2)17(3,4)26-18(25-16)10-8-13-12(9-11(10)19)20(15(22)24-13)7-6-14(21)23-5/h8-9H,6-7H2,1-5H3. The Balaban J connectivity index is 1.97. The smallest absolute Gasteiger partial charge is 0.469 e. The summed E-state index contributed by atoms with van der Waals surface area (Å²) in [5.41, 5.74) is 0.428. The molecular weight excluding hydrogens is 360 g/mol. The van der Waals surface area contributed by atoms with E-state index in [0.29, 0.717) is 21.6 Å². The number of carbonyl (C=O) groups excluding carboxylic acids is 1. The van der Waals surface area contributed by atoms with Crippen LogP contribution in [0.1, 0.15) is 34.1 Å². The lowest BCUT2D eigenvalue weighted by molar-refractivity contribution is -0.140. The van der Waals surface area contributed by atoms with Crippen molar-refractivity contribution in [1.29, 1.82) is 0 Å². The van der Waals surface area contributed by atoms with Crippen LogP contribution >= 0.6 is 11.6 Å². The predicted octanol–water partition coefficient (Wildman–Crippen LogP) is 2.11. The molecule has 0 spiro atoms. The molecule has 0 bridgehead atoms. The number of hydrogen-bond acceptors (Lipinski definition) is 6. The van der Waals surface area contributed by atoms with Crippen molar-refractivity contribution in [2.24, 2.45) is 0 Å². The minimum Gasteiger partial charge on any atom is -0.469 e. The van der Waals surface area contributed by atoms with Crippen molar-refractivity contribution in [3.8, 4) is 0 Å². The van der Waals surface area contributed by atoms with E-state index >= 15 is 0 Å². The van der Waals surface area contributed by atoms with Gasteiger partial charge in [0.1, 0.15) is 0 Å². The first-order chi connectivity index (χ1) is 12.1. The number of carbonyl (C=O) groups is 1. The zero-order valence-corrected chi connectivity index (χ0v) is 16.2. The second-order valence-corrected chi connectivity index (χ2v) is 7.68. The Labute approximate surface area is 156 Å². The van der Waals surface area contributed by atoms with Gasteiger partial charge in [-0.25, -0.2) is 4.79 Å². The fraction of sp³-hybridized carbons (Fsp3) is 0.529. The number of methoxy groups -OCH3 is 1. The topological polar surface area (TPSA) is 79.9 Å². The summed E-state index contributed by atoms with van der Waals surface area (Å²) in [6.07, 6.45) is 0.0572. The summed E-state index contributed by atoms with van der Waals surface area (Å²) in [6.45, 7) is 7.93. The van der Waals surface area contributed by atoms with Crippen LogP contribution in [-0.4, -0.2) is 36.0 Å². The molecule has 0 aliphatic carbocycles. The van der Waals surface area contributed by atoms with Crippen LogP contribution in [0.3, 0.4) is 0 Å². The number of oxazole rings is 1. The van der Waals surface area contributed by atoms with Gasteiger partial charge in [0.2, 0.25) is 0 Å². The summed E-state index contributed by atoms with van der Waals surface area (Å²) in [5.74, 6) is -0.975. The Morgan fingerprint density at radius 3 is 2.42 bits per heavy atom. The van der Waals surface area contributed by atoms with Crippen molar-refractivity contribution in [3.05, 3.63) is 27.7 Å². The van der Waals surface area contributed by atoms with E-state index in [1.54, 1.807) is 12.1 Å². The summed E-state index contributed by atoms with van der Waals surface area (Å²) >= 11 is 6.43. The number of rotatable bonds is 4. The van der Waals surface area contributed by atoms with Gasteiger partial charge in [-0.05, 0) is 39.8 Å². The van der Waals surface area contributed by atoms with Crippen molar-refractivity contribution < 1.29 is 23.3 Å². The zero-order chi connectivity index (χ0) is 19.3. The molecule has 1 aliphatic rings. The van der Waals surface area contributed by atoms with E-state index in [1.165, 1.54) is 11.7 Å². The van der Waals surface area contributed by atoms with Gasteiger partial charge in [0.25, 0.3) is 0 Å². The van der Waals surface area contributed by atoms with E-state index in [4.69, 9.17) is 25.3 Å². The second kappa shape index (κ2) is 6.44. The molecule has 0 N–H and O–H groups in total. The summed E-state index contributed by atoms with van der Waals surface area (Å²) in [5, 5.41) is 0.392. The number of esters is 1. The molecule has 3 rings (SSSR count). The van der Waals surface area contributed by atoms with Crippen molar-refractivity contribution in [2.45, 2.75) is 51.9 Å². The number of ether oxygens (including phenoxy) is 1. The van der Waals surface area contributed by atoms with E-state index in [-0.39, 0.29) is 13.0 Å². The summed E-state index contributed by atoms with van der Waals surface area (Å²) in [4.78, 5) is 23.5. The van der Waals surface area contributed by atoms with Crippen molar-refractivity contribution >= 4 is 41.3 Å². The average Bonchev–Trinajstić information content (AvgIpc) is 2.96. The van der Waals surface area contributed by atoms with Gasteiger partial charge in [-0.15, -0.1) is 0 Å². The third kappa shape index (κ3) is 3.17. The molecule has 1 aromatic carbocycles. The van der Waals surface area contributed by atoms with Gasteiger partial charge in [0, 0.05) is 17.0 Å². The molecule has 0 radical (unpaired) electrons. The van der Waals surface area contributed by atoms with Crippen LogP contribution in [0.5, 0.6) is 0 Å². The van der Waals surface area contributed by atoms with Crippen LogP contribution in [0, 0.1) is 0 Å². The largest absolute Gasteiger partial charge is 0.496 e. The second-order valence-electron chi connectivity index (χ2n) is 7.28. The van der Waals surface area contributed by atoms with Crippen molar-refractivity contribution in [2.75, 3.05) is 7.11 Å². The number of aromatic nitrogens is 1. The third-order valence-corrected chi connectivity index (χ3v) is 5.39. The van der Waals surface area contributed by atoms with Gasteiger partial charge in [-0.2, -0.15) is 0 Å². The Morgan fingerprint density at radius 1 is 1.23 bits per heavy atom. The predicted molar refractivity (Wildman–Crippen MR) is 97.8 cm³/mol. The van der Waals surface area contributed by atoms with E-state index < -0.39 is 30.0 Å². The molecule has 0 atom stereocenters. The maximum atomic E-state index is 12.1. The highest BCUT2D eigenvalue weighted by atomic mass is 35.5. The van der Waals surface area contributed by atoms with E-state index in [1.807, 2.05) is 27.7 Å². The first-order valence-corrected chi connectivity index (χ1v) is 8.69. The molecule has 1 fully saturated rings. The van der Waals surface area contributed by atoms with Gasteiger partial charge in [-0.3, -0.25) is 9.36 Å². The first-order valence-electron chi connectivity index (χ1n) is 8.31. The number of aryl methyl sites for hydroxylation is 1. The highest BCUT2D eigenvalue weighted by Gasteiger charge is 2.52. The Kier molecular flexibility index (Phi) is 4.71. The molecule has 1 aliphatic heterocycles. The number of nitrogens with zero attached hydrogens (tertiary/aromatic N) is 1. The molecule has 2 heterocycles. The van der Waals surface area contributed by atoms with Crippen LogP contribution in [0.4, 0.5) is 0 Å². The molecule has 0 unspecified atom stereocenters. The molecule has 26 heavy (non-hydrogen) atoms. The number of hydrogen-bond donors (Lipinski definition) is 0. The molecule has 0 amide bonds. The molecule has 2 aromatic rings. The van der Waals surface area contributed by atoms with Crippen LogP contribution in [-0.2, 0) is 25.4 Å². The lowest BCUT2D eigenvalue weighted by Crippen LogP contribution is -2.41. The average molecular weight is 382 g/mol. The van der Waals surface area contributed by atoms with E-state index in [2.05, 4.69) is 4.74 Å². The first kappa shape index (κ1) is 19.0. The van der Waals surface area contributed by atoms with Gasteiger partial charge < -0.3 is 18.5 Å². The van der Waals surface area contributed by atoms with E-state index in [0.717, 1.165) is 0 Å². The summed E-state index contributed by atoms with van der Waals surface area (Å²) in [6, 6.07) is 3.27. The maximum Gasteiger partial charge on any atom is 0.496 e. The molecule has 9 heteroatoms. The molecule has 1 aromatic heterocycles. The molecular formula is C17H21BClNO6. The lowest BCUT2D eigenvalue weighted by Gasteiger charge is -2.32. The SMILES string of the molecule is COC(=O)CCn1c(=O)oc2cc(B3OC(C)(C)C(C)(C)O3)c(Cl)cc21. The minimum absolute atomic E-state index is 0.0572. The summed E-state index contributed by atoms with van der Waals surface area (Å²) in [7, 11) is 0.632. The van der Waals surface area contributed by atoms with Crippen molar-refractivity contribution in [3.63, 3.8) is 0 Å². The van der Waals surface area contributed by atoms with Gasteiger partial charge in [0.15, 0.2) is 5.58 Å². The fourth-order valence-electron chi connectivity index (χ4n) is 2.77. The fourth-order valence-corrected chi connectivity index (χ4v) is 3.01. The van der Waals surface area contributed by atoms with E-state index in [9.17, 15) is 9.59 Å². The highest BCUT2D eigenvalue weighted by Crippen LogP contribution is 2.37.